The number of nitrogens with two attached hydrogens (primary N) is 1. The van der Waals surface area contributed by atoms with E-state index >= 15 is 0 Å². The predicted molar refractivity (Wildman–Crippen MR) is 66.0 cm³/mol. The number of hydrogen-bond acceptors (Lipinski definition) is 4. The number of ether oxygens (including phenoxy) is 1. The van der Waals surface area contributed by atoms with Crippen LogP contribution in [0.2, 0.25) is 0 Å². The van der Waals surface area contributed by atoms with Gasteiger partial charge in [-0.2, -0.15) is 0 Å². The number of methoxy groups -OCH3 is 1. The number of carbonyl (C=O) groups excluding carboxylic acids is 1. The Balaban J connectivity index is 3.01. The van der Waals surface area contributed by atoms with Gasteiger partial charge in [-0.3, -0.25) is 0 Å². The summed E-state index contributed by atoms with van der Waals surface area (Å²) in [5.74, 6) is -0.596. The van der Waals surface area contributed by atoms with Crippen molar-refractivity contribution in [2.75, 3.05) is 13.7 Å². The largest absolute Gasteiger partial charge is 0.507 e. The highest BCUT2D eigenvalue weighted by Gasteiger charge is 2.18. The molecule has 0 amide bonds. The second-order valence-corrected chi connectivity index (χ2v) is 4.89. The molecular weight excluding hydrogens is 218 g/mol. The van der Waals surface area contributed by atoms with E-state index in [9.17, 15) is 9.90 Å². The minimum Gasteiger partial charge on any atom is -0.507 e. The lowest BCUT2D eigenvalue weighted by molar-refractivity contribution is 0.0597. The number of phenolic OH excluding ortho intramolecular Hbond substituents is 1. The average Bonchev–Trinajstić information content (AvgIpc) is 2.30. The smallest absolute Gasteiger partial charge is 0.341 e. The second kappa shape index (κ2) is 5.19. The topological polar surface area (TPSA) is 72.5 Å². The highest BCUT2D eigenvalue weighted by atomic mass is 16.5. The van der Waals surface area contributed by atoms with Crippen molar-refractivity contribution < 1.29 is 14.6 Å². The predicted octanol–water partition coefficient (Wildman–Crippen LogP) is 1.71. The Labute approximate surface area is 101 Å². The Morgan fingerprint density at radius 1 is 1.47 bits per heavy atom. The van der Waals surface area contributed by atoms with Gasteiger partial charge < -0.3 is 15.6 Å². The first kappa shape index (κ1) is 13.5. The van der Waals surface area contributed by atoms with Gasteiger partial charge in [-0.05, 0) is 36.1 Å². The maximum Gasteiger partial charge on any atom is 0.341 e. The molecule has 1 rings (SSSR count). The van der Waals surface area contributed by atoms with Crippen molar-refractivity contribution >= 4 is 5.97 Å². The molecule has 4 heteroatoms. The summed E-state index contributed by atoms with van der Waals surface area (Å²) in [4.78, 5) is 11.4. The highest BCUT2D eigenvalue weighted by Crippen LogP contribution is 2.25. The van der Waals surface area contributed by atoms with E-state index in [1.165, 1.54) is 13.2 Å². The van der Waals surface area contributed by atoms with Gasteiger partial charge in [0.25, 0.3) is 0 Å². The van der Waals surface area contributed by atoms with Crippen LogP contribution in [0.25, 0.3) is 0 Å². The van der Waals surface area contributed by atoms with Crippen molar-refractivity contribution in [1.82, 2.24) is 0 Å². The SMILES string of the molecule is COC(=O)c1cc(CC(C)(C)CN)ccc1O. The van der Waals surface area contributed by atoms with Crippen LogP contribution in [0.15, 0.2) is 18.2 Å². The Morgan fingerprint density at radius 2 is 2.12 bits per heavy atom. The lowest BCUT2D eigenvalue weighted by atomic mass is 9.85. The monoisotopic (exact) mass is 237 g/mol. The van der Waals surface area contributed by atoms with Crippen LogP contribution in [0.3, 0.4) is 0 Å². The van der Waals surface area contributed by atoms with Crippen molar-refractivity contribution in [2.24, 2.45) is 11.1 Å². The normalized spacial score (nSPS) is 11.3. The third-order valence-electron chi connectivity index (χ3n) is 2.70. The molecule has 0 fully saturated rings. The van der Waals surface area contributed by atoms with Crippen LogP contribution in [0.4, 0.5) is 0 Å². The zero-order chi connectivity index (χ0) is 13.1. The molecule has 0 spiro atoms. The molecule has 1 aromatic carbocycles. The van der Waals surface area contributed by atoms with Gasteiger partial charge in [0, 0.05) is 0 Å². The molecule has 0 unspecified atom stereocenters. The van der Waals surface area contributed by atoms with Crippen LogP contribution < -0.4 is 5.73 Å². The molecule has 0 aliphatic rings. The molecular formula is C13H19NO3. The van der Waals surface area contributed by atoms with Gasteiger partial charge in [0.1, 0.15) is 11.3 Å². The second-order valence-electron chi connectivity index (χ2n) is 4.89. The third-order valence-corrected chi connectivity index (χ3v) is 2.70. The zero-order valence-corrected chi connectivity index (χ0v) is 10.5. The van der Waals surface area contributed by atoms with E-state index in [0.717, 1.165) is 12.0 Å². The van der Waals surface area contributed by atoms with Gasteiger partial charge >= 0.3 is 5.97 Å². The lowest BCUT2D eigenvalue weighted by Gasteiger charge is -2.22. The summed E-state index contributed by atoms with van der Waals surface area (Å²) in [6.45, 7) is 4.66. The fraction of sp³-hybridized carbons (Fsp3) is 0.462. The van der Waals surface area contributed by atoms with Gasteiger partial charge in [0.05, 0.1) is 7.11 Å². The number of rotatable bonds is 4. The van der Waals surface area contributed by atoms with Crippen molar-refractivity contribution in [3.05, 3.63) is 29.3 Å². The summed E-state index contributed by atoms with van der Waals surface area (Å²) in [7, 11) is 1.29. The molecule has 0 aromatic heterocycles. The molecule has 1 aromatic rings. The molecule has 0 saturated carbocycles. The summed E-state index contributed by atoms with van der Waals surface area (Å²) in [5.41, 5.74) is 6.78. The van der Waals surface area contributed by atoms with E-state index in [2.05, 4.69) is 18.6 Å². The van der Waals surface area contributed by atoms with Crippen molar-refractivity contribution in [3.63, 3.8) is 0 Å². The Bertz CT molecular complexity index is 413. The van der Waals surface area contributed by atoms with Gasteiger partial charge in [0.15, 0.2) is 0 Å². The van der Waals surface area contributed by atoms with Crippen LogP contribution in [0.1, 0.15) is 29.8 Å². The molecule has 0 aliphatic carbocycles. The van der Waals surface area contributed by atoms with Crippen molar-refractivity contribution in [3.8, 4) is 5.75 Å². The average molecular weight is 237 g/mol. The molecule has 0 saturated heterocycles. The van der Waals surface area contributed by atoms with E-state index < -0.39 is 5.97 Å². The molecule has 0 heterocycles. The quantitative estimate of drug-likeness (QED) is 0.782. The fourth-order valence-corrected chi connectivity index (χ4v) is 1.59. The summed E-state index contributed by atoms with van der Waals surface area (Å²) in [6, 6.07) is 4.95. The molecule has 0 aliphatic heterocycles. The summed E-state index contributed by atoms with van der Waals surface area (Å²) >= 11 is 0. The number of benzene rings is 1. The van der Waals surface area contributed by atoms with Gasteiger partial charge in [-0.1, -0.05) is 19.9 Å². The first-order valence-corrected chi connectivity index (χ1v) is 5.50. The van der Waals surface area contributed by atoms with Gasteiger partial charge in [0.2, 0.25) is 0 Å². The maximum atomic E-state index is 11.4. The van der Waals surface area contributed by atoms with Crippen LogP contribution in [0, 0.1) is 5.41 Å². The Hall–Kier alpha value is -1.55. The third kappa shape index (κ3) is 3.46. The standard InChI is InChI=1S/C13H19NO3/c1-13(2,8-14)7-9-4-5-11(15)10(6-9)12(16)17-3/h4-6,15H,7-8,14H2,1-3H3. The van der Waals surface area contributed by atoms with Crippen molar-refractivity contribution in [1.29, 1.82) is 0 Å². The van der Waals surface area contributed by atoms with E-state index in [0.29, 0.717) is 6.54 Å². The molecule has 0 radical (unpaired) electrons. The van der Waals surface area contributed by atoms with E-state index in [4.69, 9.17) is 5.73 Å². The van der Waals surface area contributed by atoms with Crippen LogP contribution in [0.5, 0.6) is 5.75 Å². The Morgan fingerprint density at radius 3 is 2.65 bits per heavy atom. The van der Waals surface area contributed by atoms with Crippen LogP contribution in [-0.2, 0) is 11.2 Å². The van der Waals surface area contributed by atoms with E-state index in [-0.39, 0.29) is 16.7 Å². The van der Waals surface area contributed by atoms with Crippen LogP contribution >= 0.6 is 0 Å². The minimum absolute atomic E-state index is 0.0373. The number of carbonyl (C=O) groups is 1. The number of esters is 1. The Kier molecular flexibility index (Phi) is 4.12. The summed E-state index contributed by atoms with van der Waals surface area (Å²) < 4.78 is 4.60. The maximum absolute atomic E-state index is 11.4. The zero-order valence-electron chi connectivity index (χ0n) is 10.5. The molecule has 4 nitrogen and oxygen atoms in total. The van der Waals surface area contributed by atoms with Gasteiger partial charge in [-0.15, -0.1) is 0 Å². The number of hydrogen-bond donors (Lipinski definition) is 2. The first-order chi connectivity index (χ1) is 7.89. The fourth-order valence-electron chi connectivity index (χ4n) is 1.59. The number of phenols is 1. The molecule has 3 N–H and O–H groups in total. The van der Waals surface area contributed by atoms with Crippen LogP contribution in [-0.4, -0.2) is 24.7 Å². The van der Waals surface area contributed by atoms with Crippen molar-refractivity contribution in [2.45, 2.75) is 20.3 Å². The van der Waals surface area contributed by atoms with Gasteiger partial charge in [-0.25, -0.2) is 4.79 Å². The molecule has 0 atom stereocenters. The summed E-state index contributed by atoms with van der Waals surface area (Å²) in [5, 5.41) is 9.57. The lowest BCUT2D eigenvalue weighted by Crippen LogP contribution is -2.26. The molecule has 17 heavy (non-hydrogen) atoms. The highest BCUT2D eigenvalue weighted by molar-refractivity contribution is 5.92. The van der Waals surface area contributed by atoms with E-state index in [1.807, 2.05) is 0 Å². The molecule has 0 bridgehead atoms. The minimum atomic E-state index is -0.532. The first-order valence-electron chi connectivity index (χ1n) is 5.50. The van der Waals surface area contributed by atoms with E-state index in [1.54, 1.807) is 12.1 Å². The number of aromatic hydroxyl groups is 1. The molecule has 94 valence electrons. The summed E-state index contributed by atoms with van der Waals surface area (Å²) in [6.07, 6.45) is 0.744.